The van der Waals surface area contributed by atoms with Crippen LogP contribution < -0.4 is 5.32 Å². The van der Waals surface area contributed by atoms with E-state index in [4.69, 9.17) is 9.26 Å². The van der Waals surface area contributed by atoms with E-state index in [2.05, 4.69) is 22.4 Å². The first-order valence-electron chi connectivity index (χ1n) is 7.45. The van der Waals surface area contributed by atoms with E-state index < -0.39 is 0 Å². The second-order valence-electron chi connectivity index (χ2n) is 5.74. The van der Waals surface area contributed by atoms with Crippen LogP contribution in [0, 0.1) is 0 Å². The molecule has 106 valence electrons. The van der Waals surface area contributed by atoms with Crippen LogP contribution in [0.5, 0.6) is 0 Å². The number of rotatable bonds is 6. The minimum Gasteiger partial charge on any atom is -0.374 e. The van der Waals surface area contributed by atoms with Crippen LogP contribution in [-0.4, -0.2) is 35.4 Å². The predicted molar refractivity (Wildman–Crippen MR) is 71.0 cm³/mol. The van der Waals surface area contributed by atoms with Crippen LogP contribution in [-0.2, 0) is 11.2 Å². The van der Waals surface area contributed by atoms with Crippen LogP contribution in [0.25, 0.3) is 0 Å². The third-order valence-electron chi connectivity index (χ3n) is 4.39. The van der Waals surface area contributed by atoms with Crippen LogP contribution >= 0.6 is 0 Å². The van der Waals surface area contributed by atoms with Crippen LogP contribution in [0.15, 0.2) is 4.52 Å². The molecule has 5 heteroatoms. The largest absolute Gasteiger partial charge is 0.374 e. The van der Waals surface area contributed by atoms with Crippen molar-refractivity contribution >= 4 is 0 Å². The molecule has 3 rings (SSSR count). The van der Waals surface area contributed by atoms with Gasteiger partial charge in [0.05, 0.1) is 18.1 Å². The molecule has 0 saturated carbocycles. The van der Waals surface area contributed by atoms with Crippen molar-refractivity contribution in [3.8, 4) is 0 Å². The molecule has 3 heterocycles. The Morgan fingerprint density at radius 3 is 2.95 bits per heavy atom. The summed E-state index contributed by atoms with van der Waals surface area (Å²) in [5, 5.41) is 7.48. The Balaban J connectivity index is 1.63. The number of ether oxygens (including phenoxy) is 1. The SMILES string of the molecule is CCCC(Cc1nc(C2CC3CCC2O3)no1)NC. The summed E-state index contributed by atoms with van der Waals surface area (Å²) in [4.78, 5) is 4.58. The average Bonchev–Trinajstić information content (AvgIpc) is 3.13. The minimum atomic E-state index is 0.325. The van der Waals surface area contributed by atoms with E-state index in [0.29, 0.717) is 24.2 Å². The van der Waals surface area contributed by atoms with Crippen LogP contribution in [0.2, 0.25) is 0 Å². The average molecular weight is 265 g/mol. The fourth-order valence-corrected chi connectivity index (χ4v) is 3.32. The summed E-state index contributed by atoms with van der Waals surface area (Å²) in [5.41, 5.74) is 0. The molecule has 2 aliphatic heterocycles. The Hall–Kier alpha value is -0.940. The van der Waals surface area contributed by atoms with E-state index in [0.717, 1.165) is 43.8 Å². The smallest absolute Gasteiger partial charge is 0.228 e. The highest BCUT2D eigenvalue weighted by molar-refractivity contribution is 5.07. The number of nitrogens with zero attached hydrogens (tertiary/aromatic N) is 2. The van der Waals surface area contributed by atoms with Crippen LogP contribution in [0.3, 0.4) is 0 Å². The fraction of sp³-hybridized carbons (Fsp3) is 0.857. The molecule has 2 aliphatic rings. The summed E-state index contributed by atoms with van der Waals surface area (Å²) in [5.74, 6) is 1.97. The van der Waals surface area contributed by atoms with Gasteiger partial charge in [0.15, 0.2) is 5.82 Å². The van der Waals surface area contributed by atoms with Crippen molar-refractivity contribution < 1.29 is 9.26 Å². The molecule has 2 saturated heterocycles. The molecule has 1 aromatic rings. The van der Waals surface area contributed by atoms with Crippen molar-refractivity contribution in [3.63, 3.8) is 0 Å². The van der Waals surface area contributed by atoms with Crippen LogP contribution in [0.1, 0.15) is 56.7 Å². The van der Waals surface area contributed by atoms with Gasteiger partial charge in [-0.25, -0.2) is 0 Å². The third kappa shape index (κ3) is 2.67. The van der Waals surface area contributed by atoms with Crippen molar-refractivity contribution in [3.05, 3.63) is 11.7 Å². The molecule has 4 unspecified atom stereocenters. The third-order valence-corrected chi connectivity index (χ3v) is 4.39. The maximum absolute atomic E-state index is 5.86. The molecule has 2 fully saturated rings. The van der Waals surface area contributed by atoms with E-state index in [1.807, 2.05) is 7.05 Å². The summed E-state index contributed by atoms with van der Waals surface area (Å²) in [7, 11) is 1.99. The highest BCUT2D eigenvalue weighted by atomic mass is 16.5. The van der Waals surface area contributed by atoms with E-state index in [9.17, 15) is 0 Å². The summed E-state index contributed by atoms with van der Waals surface area (Å²) in [6, 6.07) is 0.426. The second kappa shape index (κ2) is 5.59. The highest BCUT2D eigenvalue weighted by Crippen LogP contribution is 2.43. The van der Waals surface area contributed by atoms with Crippen molar-refractivity contribution in [1.82, 2.24) is 15.5 Å². The second-order valence-corrected chi connectivity index (χ2v) is 5.74. The van der Waals surface area contributed by atoms with E-state index in [1.165, 1.54) is 6.42 Å². The van der Waals surface area contributed by atoms with Crippen molar-refractivity contribution in [1.29, 1.82) is 0 Å². The predicted octanol–water partition coefficient (Wildman–Crippen LogP) is 2.04. The van der Waals surface area contributed by atoms with Crippen molar-refractivity contribution in [2.24, 2.45) is 0 Å². The Morgan fingerprint density at radius 1 is 1.42 bits per heavy atom. The minimum absolute atomic E-state index is 0.325. The van der Waals surface area contributed by atoms with Gasteiger partial charge in [-0.15, -0.1) is 0 Å². The zero-order chi connectivity index (χ0) is 13.2. The zero-order valence-electron chi connectivity index (χ0n) is 11.8. The normalized spacial score (nSPS) is 30.9. The molecule has 1 N–H and O–H groups in total. The first kappa shape index (κ1) is 13.1. The van der Waals surface area contributed by atoms with Gasteiger partial charge in [-0.2, -0.15) is 4.98 Å². The maximum atomic E-state index is 5.86. The Labute approximate surface area is 114 Å². The quantitative estimate of drug-likeness (QED) is 0.853. The first-order valence-corrected chi connectivity index (χ1v) is 7.45. The molecule has 19 heavy (non-hydrogen) atoms. The lowest BCUT2D eigenvalue weighted by atomic mass is 9.89. The molecule has 0 aromatic carbocycles. The van der Waals surface area contributed by atoms with Crippen molar-refractivity contribution in [2.75, 3.05) is 7.05 Å². The first-order chi connectivity index (χ1) is 9.30. The summed E-state index contributed by atoms with van der Waals surface area (Å²) < 4.78 is 11.3. The van der Waals surface area contributed by atoms with Gasteiger partial charge in [0, 0.05) is 12.5 Å². The lowest BCUT2D eigenvalue weighted by molar-refractivity contribution is 0.0996. The van der Waals surface area contributed by atoms with Gasteiger partial charge in [0.2, 0.25) is 5.89 Å². The number of likely N-dealkylation sites (N-methyl/N-ethyl adjacent to an activating group) is 1. The number of nitrogens with one attached hydrogen (secondary N) is 1. The zero-order valence-corrected chi connectivity index (χ0v) is 11.8. The Kier molecular flexibility index (Phi) is 3.84. The standard InChI is InChI=1S/C14H23N3O2/c1-3-4-9(15-2)7-13-16-14(17-19-13)11-8-10-5-6-12(11)18-10/h9-12,15H,3-8H2,1-2H3. The maximum Gasteiger partial charge on any atom is 0.228 e. The number of fused-ring (bicyclic) bond motifs is 2. The van der Waals surface area contributed by atoms with E-state index in [1.54, 1.807) is 0 Å². The van der Waals surface area contributed by atoms with Crippen molar-refractivity contribution in [2.45, 2.75) is 69.6 Å². The van der Waals surface area contributed by atoms with Gasteiger partial charge in [0.1, 0.15) is 0 Å². The van der Waals surface area contributed by atoms with Gasteiger partial charge in [-0.3, -0.25) is 0 Å². The molecule has 0 amide bonds. The van der Waals surface area contributed by atoms with E-state index in [-0.39, 0.29) is 0 Å². The Bertz CT molecular complexity index is 421. The number of hydrogen-bond donors (Lipinski definition) is 1. The Morgan fingerprint density at radius 2 is 2.32 bits per heavy atom. The van der Waals surface area contributed by atoms with Gasteiger partial charge in [-0.05, 0) is 32.7 Å². The molecule has 5 nitrogen and oxygen atoms in total. The molecular weight excluding hydrogens is 242 g/mol. The molecule has 4 atom stereocenters. The summed E-state index contributed by atoms with van der Waals surface area (Å²) in [6.45, 7) is 2.19. The van der Waals surface area contributed by atoms with Gasteiger partial charge < -0.3 is 14.6 Å². The molecule has 0 aliphatic carbocycles. The molecular formula is C14H23N3O2. The lowest BCUT2D eigenvalue weighted by Gasteiger charge is -2.14. The fourth-order valence-electron chi connectivity index (χ4n) is 3.32. The number of aromatic nitrogens is 2. The molecule has 1 aromatic heterocycles. The van der Waals surface area contributed by atoms with E-state index >= 15 is 0 Å². The highest BCUT2D eigenvalue weighted by Gasteiger charge is 2.43. The monoisotopic (exact) mass is 265 g/mol. The van der Waals surface area contributed by atoms with Gasteiger partial charge >= 0.3 is 0 Å². The molecule has 2 bridgehead atoms. The summed E-state index contributed by atoms with van der Waals surface area (Å²) >= 11 is 0. The molecule has 0 spiro atoms. The summed E-state index contributed by atoms with van der Waals surface area (Å²) in [6.07, 6.45) is 7.28. The lowest BCUT2D eigenvalue weighted by Crippen LogP contribution is -2.27. The van der Waals surface area contributed by atoms with Gasteiger partial charge in [0.25, 0.3) is 0 Å². The number of hydrogen-bond acceptors (Lipinski definition) is 5. The molecule has 0 radical (unpaired) electrons. The van der Waals surface area contributed by atoms with Crippen LogP contribution in [0.4, 0.5) is 0 Å². The topological polar surface area (TPSA) is 60.2 Å². The van der Waals surface area contributed by atoms with Gasteiger partial charge in [-0.1, -0.05) is 18.5 Å².